The molecule has 74 valence electrons. The minimum atomic E-state index is 0.673. The molecule has 2 N–H and O–H groups in total. The number of rotatable bonds is 2. The second-order valence-electron chi connectivity index (χ2n) is 2.87. The molecule has 1 aromatic heterocycles. The Labute approximate surface area is 94.8 Å². The topological polar surface area (TPSA) is 35.2 Å². The zero-order valence-corrected chi connectivity index (χ0v) is 10.1. The molecule has 0 aliphatic heterocycles. The van der Waals surface area contributed by atoms with E-state index in [1.807, 2.05) is 25.1 Å². The number of hydrogen-bond acceptors (Lipinski definition) is 3. The molecule has 1 aromatic carbocycles. The van der Waals surface area contributed by atoms with Gasteiger partial charge in [0.05, 0.1) is 16.3 Å². The molecule has 0 fully saturated rings. The molecule has 0 spiro atoms. The summed E-state index contributed by atoms with van der Waals surface area (Å²) in [5.41, 5.74) is 5.77. The van der Waals surface area contributed by atoms with E-state index >= 15 is 0 Å². The van der Waals surface area contributed by atoms with Gasteiger partial charge in [-0.25, -0.2) is 0 Å². The third-order valence-corrected chi connectivity index (χ3v) is 3.84. The number of hydrogen-bond donors (Lipinski definition) is 1. The van der Waals surface area contributed by atoms with Crippen molar-refractivity contribution in [3.8, 4) is 5.75 Å². The standard InChI is InChI=1S/C10H10BrNOS/c1-2-13-8-4-3-7(11)10-6(8)5-9(12)14-10/h3-5H,2,12H2,1H3. The van der Waals surface area contributed by atoms with Gasteiger partial charge in [-0.2, -0.15) is 0 Å². The number of fused-ring (bicyclic) bond motifs is 1. The van der Waals surface area contributed by atoms with E-state index in [2.05, 4.69) is 15.9 Å². The first-order valence-electron chi connectivity index (χ1n) is 4.32. The molecule has 0 aliphatic carbocycles. The second kappa shape index (κ2) is 3.79. The van der Waals surface area contributed by atoms with Gasteiger partial charge in [-0.05, 0) is 41.1 Å². The fourth-order valence-corrected chi connectivity index (χ4v) is 2.80. The smallest absolute Gasteiger partial charge is 0.128 e. The molecule has 1 heterocycles. The first-order valence-corrected chi connectivity index (χ1v) is 5.93. The van der Waals surface area contributed by atoms with E-state index in [-0.39, 0.29) is 0 Å². The molecule has 0 saturated carbocycles. The fraction of sp³-hybridized carbons (Fsp3) is 0.200. The van der Waals surface area contributed by atoms with Gasteiger partial charge in [-0.1, -0.05) is 0 Å². The van der Waals surface area contributed by atoms with Crippen LogP contribution in [0.5, 0.6) is 5.75 Å². The molecular weight excluding hydrogens is 262 g/mol. The zero-order chi connectivity index (χ0) is 10.1. The van der Waals surface area contributed by atoms with Crippen LogP contribution in [0.3, 0.4) is 0 Å². The van der Waals surface area contributed by atoms with Crippen LogP contribution < -0.4 is 10.5 Å². The van der Waals surface area contributed by atoms with E-state index in [9.17, 15) is 0 Å². The highest BCUT2D eigenvalue weighted by atomic mass is 79.9. The van der Waals surface area contributed by atoms with E-state index in [1.54, 1.807) is 11.3 Å². The Hall–Kier alpha value is -0.740. The highest BCUT2D eigenvalue weighted by Gasteiger charge is 2.08. The molecule has 0 saturated heterocycles. The van der Waals surface area contributed by atoms with Crippen LogP contribution in [-0.2, 0) is 0 Å². The lowest BCUT2D eigenvalue weighted by Gasteiger charge is -2.04. The highest BCUT2D eigenvalue weighted by Crippen LogP contribution is 2.38. The van der Waals surface area contributed by atoms with Gasteiger partial charge in [-0.3, -0.25) is 0 Å². The predicted molar refractivity (Wildman–Crippen MR) is 65.1 cm³/mol. The molecule has 0 bridgehead atoms. The summed E-state index contributed by atoms with van der Waals surface area (Å²) in [6, 6.07) is 5.90. The molecule has 0 unspecified atom stereocenters. The number of nitrogen functional groups attached to an aromatic ring is 1. The van der Waals surface area contributed by atoms with Crippen LogP contribution in [-0.4, -0.2) is 6.61 Å². The van der Waals surface area contributed by atoms with Gasteiger partial charge in [0, 0.05) is 9.86 Å². The maximum Gasteiger partial charge on any atom is 0.128 e. The third-order valence-electron chi connectivity index (χ3n) is 1.91. The lowest BCUT2D eigenvalue weighted by molar-refractivity contribution is 0.344. The maximum atomic E-state index is 5.77. The van der Waals surface area contributed by atoms with Gasteiger partial charge < -0.3 is 10.5 Å². The Kier molecular flexibility index (Phi) is 2.65. The number of nitrogens with two attached hydrogens (primary N) is 1. The van der Waals surface area contributed by atoms with Crippen molar-refractivity contribution in [3.05, 3.63) is 22.7 Å². The van der Waals surface area contributed by atoms with Gasteiger partial charge in [0.25, 0.3) is 0 Å². The summed E-state index contributed by atoms with van der Waals surface area (Å²) in [5.74, 6) is 0.902. The largest absolute Gasteiger partial charge is 0.493 e. The van der Waals surface area contributed by atoms with E-state index in [0.717, 1.165) is 25.3 Å². The summed E-state index contributed by atoms with van der Waals surface area (Å²) in [4.78, 5) is 0. The van der Waals surface area contributed by atoms with Gasteiger partial charge >= 0.3 is 0 Å². The normalized spacial score (nSPS) is 10.7. The number of anilines is 1. The molecule has 0 radical (unpaired) electrons. The predicted octanol–water partition coefficient (Wildman–Crippen LogP) is 3.64. The summed E-state index contributed by atoms with van der Waals surface area (Å²) in [5, 5.41) is 1.90. The van der Waals surface area contributed by atoms with Crippen LogP contribution in [0.1, 0.15) is 6.92 Å². The highest BCUT2D eigenvalue weighted by molar-refractivity contribution is 9.10. The van der Waals surface area contributed by atoms with Crippen molar-refractivity contribution in [1.29, 1.82) is 0 Å². The van der Waals surface area contributed by atoms with E-state index < -0.39 is 0 Å². The number of benzene rings is 1. The molecule has 0 atom stereocenters. The molecule has 0 aliphatic rings. The Morgan fingerprint density at radius 3 is 3.00 bits per heavy atom. The number of halogens is 1. The molecule has 0 amide bonds. The molecular formula is C10H10BrNOS. The Morgan fingerprint density at radius 1 is 1.50 bits per heavy atom. The summed E-state index contributed by atoms with van der Waals surface area (Å²) < 4.78 is 7.73. The molecule has 2 aromatic rings. The summed E-state index contributed by atoms with van der Waals surface area (Å²) in [6.45, 7) is 2.65. The SMILES string of the molecule is CCOc1ccc(Br)c2sc(N)cc12. The first-order chi connectivity index (χ1) is 6.72. The van der Waals surface area contributed by atoms with E-state index in [4.69, 9.17) is 10.5 Å². The van der Waals surface area contributed by atoms with Crippen LogP contribution in [0, 0.1) is 0 Å². The average Bonchev–Trinajstić information content (AvgIpc) is 2.53. The van der Waals surface area contributed by atoms with Crippen molar-refractivity contribution in [2.24, 2.45) is 0 Å². The Balaban J connectivity index is 2.68. The van der Waals surface area contributed by atoms with Crippen LogP contribution in [0.2, 0.25) is 0 Å². The van der Waals surface area contributed by atoms with Gasteiger partial charge in [0.15, 0.2) is 0 Å². The maximum absolute atomic E-state index is 5.77. The summed E-state index contributed by atoms with van der Waals surface area (Å²) in [6.07, 6.45) is 0. The number of thiophene rings is 1. The minimum absolute atomic E-state index is 0.673. The lowest BCUT2D eigenvalue weighted by atomic mass is 10.2. The minimum Gasteiger partial charge on any atom is -0.493 e. The monoisotopic (exact) mass is 271 g/mol. The average molecular weight is 272 g/mol. The molecule has 14 heavy (non-hydrogen) atoms. The first kappa shape index (κ1) is 9.80. The van der Waals surface area contributed by atoms with Gasteiger partial charge in [-0.15, -0.1) is 11.3 Å². The lowest BCUT2D eigenvalue weighted by Crippen LogP contribution is -1.91. The molecule has 2 nitrogen and oxygen atoms in total. The Bertz CT molecular complexity index is 466. The van der Waals surface area contributed by atoms with Crippen LogP contribution in [0.25, 0.3) is 10.1 Å². The van der Waals surface area contributed by atoms with Gasteiger partial charge in [0.2, 0.25) is 0 Å². The second-order valence-corrected chi connectivity index (χ2v) is 4.81. The van der Waals surface area contributed by atoms with Crippen molar-refractivity contribution in [2.45, 2.75) is 6.92 Å². The Morgan fingerprint density at radius 2 is 2.29 bits per heavy atom. The van der Waals surface area contributed by atoms with Gasteiger partial charge in [0.1, 0.15) is 5.75 Å². The van der Waals surface area contributed by atoms with Crippen LogP contribution >= 0.6 is 27.3 Å². The zero-order valence-electron chi connectivity index (χ0n) is 7.71. The van der Waals surface area contributed by atoms with Crippen molar-refractivity contribution >= 4 is 42.4 Å². The molecule has 4 heteroatoms. The van der Waals surface area contributed by atoms with E-state index in [0.29, 0.717) is 6.61 Å². The van der Waals surface area contributed by atoms with Crippen LogP contribution in [0.15, 0.2) is 22.7 Å². The van der Waals surface area contributed by atoms with Crippen molar-refractivity contribution in [1.82, 2.24) is 0 Å². The fourth-order valence-electron chi connectivity index (χ4n) is 1.37. The summed E-state index contributed by atoms with van der Waals surface area (Å²) >= 11 is 5.06. The number of ether oxygens (including phenoxy) is 1. The molecule has 2 rings (SSSR count). The third kappa shape index (κ3) is 1.60. The van der Waals surface area contributed by atoms with E-state index in [1.165, 1.54) is 0 Å². The van der Waals surface area contributed by atoms with Crippen molar-refractivity contribution < 1.29 is 4.74 Å². The quantitative estimate of drug-likeness (QED) is 0.905. The summed E-state index contributed by atoms with van der Waals surface area (Å²) in [7, 11) is 0. The van der Waals surface area contributed by atoms with Crippen LogP contribution in [0.4, 0.5) is 5.00 Å². The van der Waals surface area contributed by atoms with Crippen molar-refractivity contribution in [3.63, 3.8) is 0 Å². The van der Waals surface area contributed by atoms with Crippen molar-refractivity contribution in [2.75, 3.05) is 12.3 Å².